The second-order valence-electron chi connectivity index (χ2n) is 5.64. The lowest BCUT2D eigenvalue weighted by Crippen LogP contribution is -2.18. The van der Waals surface area contributed by atoms with Crippen LogP contribution in [0.15, 0.2) is 18.2 Å². The third-order valence-electron chi connectivity index (χ3n) is 3.33. The molecule has 1 aliphatic rings. The quantitative estimate of drug-likeness (QED) is 0.665. The van der Waals surface area contributed by atoms with Crippen molar-refractivity contribution < 1.29 is 5.11 Å². The molecule has 0 amide bonds. The van der Waals surface area contributed by atoms with Crippen molar-refractivity contribution in [3.63, 3.8) is 0 Å². The predicted molar refractivity (Wildman–Crippen MR) is 58.8 cm³/mol. The van der Waals surface area contributed by atoms with Gasteiger partial charge in [-0.25, -0.2) is 0 Å². The number of fused-ring (bicyclic) bond motifs is 1. The highest BCUT2D eigenvalue weighted by Gasteiger charge is 2.43. The molecule has 0 saturated carbocycles. The standard InChI is InChI=1S/C13H18O/c1-12(2)8-13(3,4)11-9(12)6-5-7-10(11)14/h5-7,14H,8H2,1-4H3. The monoisotopic (exact) mass is 190 g/mol. The highest BCUT2D eigenvalue weighted by atomic mass is 16.3. The van der Waals surface area contributed by atoms with Gasteiger partial charge in [-0.15, -0.1) is 0 Å². The van der Waals surface area contributed by atoms with Gasteiger partial charge in [-0.05, 0) is 28.9 Å². The number of hydrogen-bond acceptors (Lipinski definition) is 1. The summed E-state index contributed by atoms with van der Waals surface area (Å²) in [5.74, 6) is 0.457. The zero-order valence-corrected chi connectivity index (χ0v) is 9.39. The van der Waals surface area contributed by atoms with E-state index in [1.54, 1.807) is 6.07 Å². The van der Waals surface area contributed by atoms with Gasteiger partial charge >= 0.3 is 0 Å². The van der Waals surface area contributed by atoms with Crippen molar-refractivity contribution in [3.8, 4) is 5.75 Å². The lowest BCUT2D eigenvalue weighted by atomic mass is 9.82. The molecule has 0 saturated heterocycles. The van der Waals surface area contributed by atoms with E-state index < -0.39 is 0 Å². The minimum atomic E-state index is 0.101. The first kappa shape index (κ1) is 9.57. The zero-order valence-electron chi connectivity index (χ0n) is 9.39. The third-order valence-corrected chi connectivity index (χ3v) is 3.33. The molecule has 0 unspecified atom stereocenters. The molecular formula is C13H18O. The minimum Gasteiger partial charge on any atom is -0.508 e. The maximum absolute atomic E-state index is 9.90. The summed E-state index contributed by atoms with van der Waals surface area (Å²) in [6, 6.07) is 5.88. The van der Waals surface area contributed by atoms with Crippen LogP contribution in [0.1, 0.15) is 45.2 Å². The van der Waals surface area contributed by atoms with Gasteiger partial charge in [0.2, 0.25) is 0 Å². The second-order valence-corrected chi connectivity index (χ2v) is 5.64. The summed E-state index contributed by atoms with van der Waals surface area (Å²) in [5, 5.41) is 9.90. The van der Waals surface area contributed by atoms with E-state index in [4.69, 9.17) is 0 Å². The van der Waals surface area contributed by atoms with E-state index in [2.05, 4.69) is 33.8 Å². The molecule has 76 valence electrons. The van der Waals surface area contributed by atoms with E-state index in [9.17, 15) is 5.11 Å². The minimum absolute atomic E-state index is 0.101. The van der Waals surface area contributed by atoms with Crippen LogP contribution in [-0.4, -0.2) is 5.11 Å². The van der Waals surface area contributed by atoms with Gasteiger partial charge in [0, 0.05) is 5.56 Å². The van der Waals surface area contributed by atoms with E-state index in [1.807, 2.05) is 6.07 Å². The summed E-state index contributed by atoms with van der Waals surface area (Å²) in [6.07, 6.45) is 1.10. The fourth-order valence-corrected chi connectivity index (χ4v) is 3.10. The Balaban J connectivity index is 2.72. The Morgan fingerprint density at radius 2 is 1.71 bits per heavy atom. The molecule has 1 nitrogen and oxygen atoms in total. The van der Waals surface area contributed by atoms with Crippen LogP contribution in [-0.2, 0) is 10.8 Å². The summed E-state index contributed by atoms with van der Waals surface area (Å²) in [7, 11) is 0. The molecule has 1 aromatic rings. The number of aromatic hydroxyl groups is 1. The normalized spacial score (nSPS) is 22.0. The van der Waals surface area contributed by atoms with Crippen LogP contribution in [0.2, 0.25) is 0 Å². The summed E-state index contributed by atoms with van der Waals surface area (Å²) in [5.41, 5.74) is 2.74. The van der Waals surface area contributed by atoms with Gasteiger partial charge in [0.25, 0.3) is 0 Å². The Morgan fingerprint density at radius 1 is 1.07 bits per heavy atom. The highest BCUT2D eigenvalue weighted by Crippen LogP contribution is 2.52. The fraction of sp³-hybridized carbons (Fsp3) is 0.538. The van der Waals surface area contributed by atoms with Crippen LogP contribution in [0.3, 0.4) is 0 Å². The Kier molecular flexibility index (Phi) is 1.73. The van der Waals surface area contributed by atoms with E-state index in [0.717, 1.165) is 12.0 Å². The molecule has 0 fully saturated rings. The van der Waals surface area contributed by atoms with Crippen LogP contribution in [0.25, 0.3) is 0 Å². The van der Waals surface area contributed by atoms with E-state index in [1.165, 1.54) is 5.56 Å². The molecule has 1 aliphatic carbocycles. The van der Waals surface area contributed by atoms with Crippen LogP contribution < -0.4 is 0 Å². The molecule has 1 heteroatoms. The zero-order chi connectivity index (χ0) is 10.6. The summed E-state index contributed by atoms with van der Waals surface area (Å²) in [4.78, 5) is 0. The molecule has 0 aliphatic heterocycles. The van der Waals surface area contributed by atoms with Gasteiger partial charge in [-0.3, -0.25) is 0 Å². The Hall–Kier alpha value is -0.980. The average molecular weight is 190 g/mol. The average Bonchev–Trinajstić information content (AvgIpc) is 2.18. The van der Waals surface area contributed by atoms with Gasteiger partial charge in [0.05, 0.1) is 0 Å². The summed E-state index contributed by atoms with van der Waals surface area (Å²) in [6.45, 7) is 8.92. The smallest absolute Gasteiger partial charge is 0.119 e. The topological polar surface area (TPSA) is 20.2 Å². The molecule has 0 aromatic heterocycles. The number of benzene rings is 1. The van der Waals surface area contributed by atoms with Gasteiger partial charge in [0.15, 0.2) is 0 Å². The van der Waals surface area contributed by atoms with E-state index in [0.29, 0.717) is 5.75 Å². The van der Waals surface area contributed by atoms with Crippen LogP contribution in [0.4, 0.5) is 0 Å². The van der Waals surface area contributed by atoms with Gasteiger partial charge < -0.3 is 5.11 Å². The molecule has 0 heterocycles. The molecule has 14 heavy (non-hydrogen) atoms. The van der Waals surface area contributed by atoms with Crippen molar-refractivity contribution in [1.29, 1.82) is 0 Å². The first-order chi connectivity index (χ1) is 6.34. The lowest BCUT2D eigenvalue weighted by molar-refractivity contribution is 0.391. The number of rotatable bonds is 0. The first-order valence-electron chi connectivity index (χ1n) is 5.17. The predicted octanol–water partition coefficient (Wildman–Crippen LogP) is 3.35. The first-order valence-corrected chi connectivity index (χ1v) is 5.17. The third kappa shape index (κ3) is 1.15. The van der Waals surface area contributed by atoms with Crippen LogP contribution in [0.5, 0.6) is 5.75 Å². The lowest BCUT2D eigenvalue weighted by Gasteiger charge is -2.22. The summed E-state index contributed by atoms with van der Waals surface area (Å²) >= 11 is 0. The number of phenolic OH excluding ortho intramolecular Hbond substituents is 1. The number of hydrogen-bond donors (Lipinski definition) is 1. The molecule has 0 radical (unpaired) electrons. The highest BCUT2D eigenvalue weighted by molar-refractivity contribution is 5.51. The Morgan fingerprint density at radius 3 is 2.29 bits per heavy atom. The molecule has 0 spiro atoms. The Labute approximate surface area is 85.8 Å². The van der Waals surface area contributed by atoms with Crippen molar-refractivity contribution >= 4 is 0 Å². The van der Waals surface area contributed by atoms with Crippen molar-refractivity contribution in [2.45, 2.75) is 44.9 Å². The van der Waals surface area contributed by atoms with Gasteiger partial charge in [-0.2, -0.15) is 0 Å². The fourth-order valence-electron chi connectivity index (χ4n) is 3.10. The van der Waals surface area contributed by atoms with Gasteiger partial charge in [-0.1, -0.05) is 39.8 Å². The SMILES string of the molecule is CC1(C)CC(C)(C)c2c(O)cccc21. The van der Waals surface area contributed by atoms with Crippen molar-refractivity contribution in [3.05, 3.63) is 29.3 Å². The van der Waals surface area contributed by atoms with Gasteiger partial charge in [0.1, 0.15) is 5.75 Å². The van der Waals surface area contributed by atoms with Crippen LogP contribution in [0, 0.1) is 0 Å². The van der Waals surface area contributed by atoms with Crippen molar-refractivity contribution in [2.24, 2.45) is 0 Å². The molecule has 1 N–H and O–H groups in total. The second kappa shape index (κ2) is 2.53. The molecule has 2 rings (SSSR count). The van der Waals surface area contributed by atoms with Crippen molar-refractivity contribution in [1.82, 2.24) is 0 Å². The molecule has 0 bridgehead atoms. The number of phenols is 1. The van der Waals surface area contributed by atoms with E-state index in [-0.39, 0.29) is 10.8 Å². The Bertz CT molecular complexity index is 375. The molecular weight excluding hydrogens is 172 g/mol. The maximum atomic E-state index is 9.90. The molecule has 0 atom stereocenters. The van der Waals surface area contributed by atoms with Crippen molar-refractivity contribution in [2.75, 3.05) is 0 Å². The largest absolute Gasteiger partial charge is 0.508 e. The summed E-state index contributed by atoms with van der Waals surface area (Å²) < 4.78 is 0. The van der Waals surface area contributed by atoms with E-state index >= 15 is 0 Å². The van der Waals surface area contributed by atoms with Crippen LogP contribution >= 0.6 is 0 Å². The maximum Gasteiger partial charge on any atom is 0.119 e. The molecule has 1 aromatic carbocycles.